The monoisotopic (exact) mass is 1950 g/mol. The Hall–Kier alpha value is -11.8. The number of carbonyl (C=O) groups excluding carboxylic acids is 9. The van der Waals surface area contributed by atoms with Gasteiger partial charge in [0, 0.05) is 62.8 Å². The highest BCUT2D eigenvalue weighted by molar-refractivity contribution is 6.32. The van der Waals surface area contributed by atoms with Gasteiger partial charge in [-0.2, -0.15) is 0 Å². The number of aliphatic carboxylic acids is 1. The minimum Gasteiger partial charge on any atom is -0.482 e. The molecule has 0 bridgehead atoms. The lowest BCUT2D eigenvalue weighted by molar-refractivity contribution is -0.139. The van der Waals surface area contributed by atoms with Crippen molar-refractivity contribution in [1.82, 2.24) is 54.8 Å². The lowest BCUT2D eigenvalue weighted by Crippen LogP contribution is -2.54. The molecule has 8 aromatic rings. The van der Waals surface area contributed by atoms with E-state index in [1.54, 1.807) is 54.9 Å². The first-order valence-corrected chi connectivity index (χ1v) is 44.5. The van der Waals surface area contributed by atoms with Gasteiger partial charge in [0.2, 0.25) is 23.6 Å². The van der Waals surface area contributed by atoms with Crippen LogP contribution in [0.5, 0.6) is 11.5 Å². The number of imide groups is 4. The molecule has 4 fully saturated rings. The first kappa shape index (κ1) is 104. The van der Waals surface area contributed by atoms with Crippen molar-refractivity contribution in [3.63, 3.8) is 0 Å². The van der Waals surface area contributed by atoms with Gasteiger partial charge in [0.1, 0.15) is 108 Å². The van der Waals surface area contributed by atoms with E-state index < -0.39 is 139 Å². The maximum absolute atomic E-state index is 13.2. The number of nitrogens with one attached hydrogen (secondary N) is 5. The van der Waals surface area contributed by atoms with Crippen LogP contribution in [-0.2, 0) is 85.6 Å². The van der Waals surface area contributed by atoms with Crippen molar-refractivity contribution in [1.29, 1.82) is 0 Å². The zero-order chi connectivity index (χ0) is 97.6. The molecule has 6 aliphatic rings. The molecule has 4 aromatic carbocycles. The number of hydrogen-bond acceptors (Lipinski definition) is 39. The second-order valence-electron chi connectivity index (χ2n) is 31.1. The number of aliphatic hydroxyl groups is 6. The van der Waals surface area contributed by atoms with Gasteiger partial charge in [-0.25, -0.2) is 24.7 Å². The van der Waals surface area contributed by atoms with Gasteiger partial charge in [-0.05, 0) is 84.6 Å². The van der Waals surface area contributed by atoms with E-state index in [0.717, 1.165) is 9.80 Å². The second kappa shape index (κ2) is 51.6. The average Bonchev–Trinajstić information content (AvgIpc) is 1.60. The van der Waals surface area contributed by atoms with Gasteiger partial charge in [0.05, 0.1) is 175 Å². The summed E-state index contributed by atoms with van der Waals surface area (Å²) in [6.45, 7) is 8.28. The lowest BCUT2D eigenvalue weighted by atomic mass is 9.99. The van der Waals surface area contributed by atoms with Crippen LogP contribution in [0.15, 0.2) is 110 Å². The number of benzene rings is 4. The number of nitrogen functional groups attached to an aromatic ring is 2. The number of aromatic nitrogens is 6. The van der Waals surface area contributed by atoms with Gasteiger partial charge in [-0.15, -0.1) is 0 Å². The first-order chi connectivity index (χ1) is 66.3. The highest BCUT2D eigenvalue weighted by atomic mass is 35.5. The molecule has 0 aliphatic carbocycles. The van der Waals surface area contributed by atoms with Crippen LogP contribution in [0.25, 0.3) is 22.1 Å². The molecule has 9 amide bonds. The van der Waals surface area contributed by atoms with Gasteiger partial charge >= 0.3 is 5.97 Å². The number of amides is 9. The Morgan fingerprint density at radius 1 is 0.467 bits per heavy atom. The number of nitrogens with zero attached hydrogens (tertiary/aromatic N) is 8. The van der Waals surface area contributed by atoms with Crippen LogP contribution in [0.1, 0.15) is 103 Å². The zero-order valence-electron chi connectivity index (χ0n) is 74.0. The van der Waals surface area contributed by atoms with Gasteiger partial charge in [0.25, 0.3) is 29.5 Å². The van der Waals surface area contributed by atoms with Crippen molar-refractivity contribution >= 4 is 127 Å². The van der Waals surface area contributed by atoms with Gasteiger partial charge in [0.15, 0.2) is 25.7 Å². The quantitative estimate of drug-likeness (QED) is 0.0178. The Balaban J connectivity index is 0.000000205. The van der Waals surface area contributed by atoms with Crippen molar-refractivity contribution in [3.05, 3.63) is 153 Å². The number of ether oxygens (including phenoxy) is 14. The number of carboxylic acids is 1. The number of halogens is 2. The Labute approximate surface area is 791 Å². The normalized spacial score (nSPS) is 20.6. The van der Waals surface area contributed by atoms with Crippen LogP contribution in [0.4, 0.5) is 23.0 Å². The minimum atomic E-state index is -1.47. The maximum atomic E-state index is 13.2. The topological polar surface area (TPSA) is 648 Å². The molecule has 18 N–H and O–H groups in total. The number of piperidine rings is 2. The van der Waals surface area contributed by atoms with Crippen molar-refractivity contribution in [3.8, 4) is 11.5 Å². The highest BCUT2D eigenvalue weighted by Crippen LogP contribution is 2.43. The molecule has 2 unspecified atom stereocenters. The van der Waals surface area contributed by atoms with Gasteiger partial charge < -0.3 is 144 Å². The van der Waals surface area contributed by atoms with Crippen molar-refractivity contribution in [2.75, 3.05) is 194 Å². The van der Waals surface area contributed by atoms with Crippen molar-refractivity contribution in [2.24, 2.45) is 5.73 Å². The molecule has 49 heteroatoms. The van der Waals surface area contributed by atoms with Crippen LogP contribution in [0, 0.1) is 0 Å². The third-order valence-electron chi connectivity index (χ3n) is 22.0. The predicted octanol–water partition coefficient (Wildman–Crippen LogP) is 0.135. The molecule has 0 radical (unpaired) electrons. The van der Waals surface area contributed by atoms with Crippen LogP contribution < -0.4 is 53.3 Å². The minimum absolute atomic E-state index is 0.0452. The summed E-state index contributed by atoms with van der Waals surface area (Å²) in [7, 11) is 0. The fourth-order valence-corrected chi connectivity index (χ4v) is 15.6. The predicted molar refractivity (Wildman–Crippen MR) is 481 cm³/mol. The smallest absolute Gasteiger partial charge is 0.341 e. The highest BCUT2D eigenvalue weighted by Gasteiger charge is 2.51. The molecule has 12 atom stereocenters. The summed E-state index contributed by atoms with van der Waals surface area (Å²) >= 11 is 12.3. The Kier molecular flexibility index (Phi) is 39.2. The second-order valence-corrected chi connectivity index (χ2v) is 31.9. The van der Waals surface area contributed by atoms with Crippen LogP contribution >= 0.6 is 23.2 Å². The van der Waals surface area contributed by atoms with Crippen molar-refractivity contribution < 1.29 is 150 Å². The Bertz CT molecular complexity index is 5490. The molecule has 137 heavy (non-hydrogen) atoms. The summed E-state index contributed by atoms with van der Waals surface area (Å²) in [5.41, 5.74) is 20.1. The molecular weight excluding hydrogens is 1850 g/mol. The summed E-state index contributed by atoms with van der Waals surface area (Å²) in [5, 5.41) is 88.3. The van der Waals surface area contributed by atoms with E-state index in [1.165, 1.54) is 64.3 Å². The lowest BCUT2D eigenvalue weighted by Gasteiger charge is -2.27. The summed E-state index contributed by atoms with van der Waals surface area (Å²) in [5.74, 6) is -5.36. The van der Waals surface area contributed by atoms with Gasteiger partial charge in [-0.1, -0.05) is 47.5 Å². The van der Waals surface area contributed by atoms with Crippen LogP contribution in [0.3, 0.4) is 0 Å². The summed E-state index contributed by atoms with van der Waals surface area (Å²) in [6.07, 6.45) is -7.00. The van der Waals surface area contributed by atoms with E-state index in [2.05, 4.69) is 46.5 Å². The number of anilines is 4. The summed E-state index contributed by atoms with van der Waals surface area (Å²) in [6, 6.07) is 19.7. The Morgan fingerprint density at radius 3 is 1.20 bits per heavy atom. The van der Waals surface area contributed by atoms with Crippen LogP contribution in [-0.4, -0.2) is 354 Å². The fourth-order valence-electron chi connectivity index (χ4n) is 15.2. The van der Waals surface area contributed by atoms with E-state index in [0.29, 0.717) is 179 Å². The van der Waals surface area contributed by atoms with Crippen LogP contribution in [0.2, 0.25) is 10.0 Å². The summed E-state index contributed by atoms with van der Waals surface area (Å²) < 4.78 is 80.1. The molecule has 6 aliphatic heterocycles. The number of carboxylic acid groups (broad SMARTS) is 1. The Morgan fingerprint density at radius 2 is 0.832 bits per heavy atom. The summed E-state index contributed by atoms with van der Waals surface area (Å²) in [4.78, 5) is 141. The molecule has 4 aromatic heterocycles. The third kappa shape index (κ3) is 27.2. The zero-order valence-corrected chi connectivity index (χ0v) is 75.5. The van der Waals surface area contributed by atoms with E-state index in [9.17, 15) is 78.6 Å². The molecule has 740 valence electrons. The van der Waals surface area contributed by atoms with E-state index in [4.69, 9.17) is 112 Å². The molecule has 47 nitrogen and oxygen atoms in total. The average molecular weight is 1960 g/mol. The molecule has 0 spiro atoms. The van der Waals surface area contributed by atoms with Crippen molar-refractivity contribution in [2.45, 2.75) is 99.1 Å². The van der Waals surface area contributed by atoms with E-state index in [1.807, 2.05) is 0 Å². The van der Waals surface area contributed by atoms with E-state index >= 15 is 0 Å². The van der Waals surface area contributed by atoms with Gasteiger partial charge in [-0.3, -0.25) is 63.6 Å². The largest absolute Gasteiger partial charge is 0.482 e. The number of aliphatic hydroxyl groups excluding tert-OH is 6. The van der Waals surface area contributed by atoms with E-state index in [-0.39, 0.29) is 112 Å². The molecule has 10 heterocycles. The molecule has 14 rings (SSSR count). The number of hydrogen-bond donors (Lipinski definition) is 15. The SMILES string of the molecule is NCCOCCOCCOCCOCCOCCNc1cccc2c1C(=O)N(C1CCC(=O)NC1=O)C2=O.Nc1ncnc2c1ccn2[C@@H]1O[C@H]([C@H](O)c2ccc(Cl)c(OCC(=O)NCCOCCOCCOCCOCCOCCNc3cccc4c3C(=O)N(C3CCC(=O)NC3=O)C4=O)c2)[C@@H](O)[C@H]1O.Nc1ncnc2c1ccn2[C@@H]1O[C@H]([C@H](O)c2ccc(Cl)c(OCC(=O)O)c2)[C@@H](O)[C@H]1O. The maximum Gasteiger partial charge on any atom is 0.341 e. The number of fused-ring (bicyclic) bond motifs is 4. The number of nitrogens with two attached hydrogens (primary N) is 3. The number of rotatable bonds is 51. The molecular formula is C88H108Cl2N16O31. The number of carbonyl (C=O) groups is 10. The fraction of sp³-hybridized carbons (Fsp3) is 0.477. The standard InChI is InChI=1S/C44H53ClN8O15.C25H36N4O9.C19H19ClN4O7/c45-28-5-4-25(35(56)38-36(57)37(58)44(68-38)52-11-8-27-39(46)49-24-50-40(27)52)22-31(28)67-23-33(55)48-10-13-63-15-17-65-19-21-66-20-18-64-16-14-62-12-9-47-29-3-1-2-26-34(29)43(61)53(42(26)60)30-6-7-32(54)51-41(30)59;26-6-8-34-10-12-36-14-16-38-17-15-37-13-11-35-9-7-27-19-3-1-2-18-22(19)25(33)29(24(18)32)20-4-5-21(30)28-23(20)31;20-10-2-1-8(5-11(10)30-6-12(25)26)13(27)16-14(28)15(29)19(31-16)24-4-3-9-17(21)22-7-23-18(9)24/h1-5,8,11,22,24,30,35-38,44,47,56-58H,6-7,9-10,12-21,23H2,(H,48,55)(H2,46,49,50)(H,51,54,59);1-3,20,27H,4-17,26H2,(H,28,30,31);1-5,7,13-16,19,27-29H,6H2,(H,25,26)(H2,21,22,23)/t30?,35-,36+,37-,38-,44-;;13-,14+,15-,16-,19-/m1.1/s1. The first-order valence-electron chi connectivity index (χ1n) is 43.8. The molecule has 0 saturated carbocycles. The third-order valence-corrected chi connectivity index (χ3v) is 22.6. The molecule has 4 saturated heterocycles.